The molecular weight excluding hydrogens is 232 g/mol. The van der Waals surface area contributed by atoms with E-state index < -0.39 is 0 Å². The topological polar surface area (TPSA) is 29.3 Å². The number of hydrogen-bond donors (Lipinski definition) is 1. The SMILES string of the molecule is CC1=CC(N(CC(C)N)C2C=C(C)CCC2)CCC1. The highest BCUT2D eigenvalue weighted by Crippen LogP contribution is 2.28. The smallest absolute Gasteiger partial charge is 0.0287 e. The molecule has 0 aromatic heterocycles. The molecule has 0 bridgehead atoms. The van der Waals surface area contributed by atoms with Crippen LogP contribution >= 0.6 is 0 Å². The van der Waals surface area contributed by atoms with Crippen LogP contribution in [0.15, 0.2) is 23.3 Å². The van der Waals surface area contributed by atoms with Gasteiger partial charge in [-0.25, -0.2) is 0 Å². The van der Waals surface area contributed by atoms with Crippen LogP contribution in [0.4, 0.5) is 0 Å². The van der Waals surface area contributed by atoms with Crippen LogP contribution < -0.4 is 5.73 Å². The summed E-state index contributed by atoms with van der Waals surface area (Å²) in [7, 11) is 0. The van der Waals surface area contributed by atoms with Gasteiger partial charge in [-0.2, -0.15) is 0 Å². The Kier molecular flexibility index (Phi) is 5.23. The molecule has 0 radical (unpaired) electrons. The van der Waals surface area contributed by atoms with Crippen LogP contribution in [0.2, 0.25) is 0 Å². The van der Waals surface area contributed by atoms with Crippen molar-refractivity contribution in [2.45, 2.75) is 77.4 Å². The van der Waals surface area contributed by atoms with E-state index in [1.54, 1.807) is 11.1 Å². The molecule has 0 amide bonds. The van der Waals surface area contributed by atoms with Crippen LogP contribution in [0.3, 0.4) is 0 Å². The lowest BCUT2D eigenvalue weighted by Crippen LogP contribution is -2.48. The lowest BCUT2D eigenvalue weighted by molar-refractivity contribution is 0.154. The van der Waals surface area contributed by atoms with Crippen molar-refractivity contribution < 1.29 is 0 Å². The molecule has 2 N–H and O–H groups in total. The van der Waals surface area contributed by atoms with E-state index in [2.05, 4.69) is 37.8 Å². The molecule has 2 aliphatic carbocycles. The van der Waals surface area contributed by atoms with Crippen molar-refractivity contribution in [2.75, 3.05) is 6.54 Å². The van der Waals surface area contributed by atoms with E-state index in [1.807, 2.05) is 0 Å². The molecule has 0 saturated heterocycles. The Morgan fingerprint density at radius 3 is 1.95 bits per heavy atom. The fraction of sp³-hybridized carbons (Fsp3) is 0.765. The summed E-state index contributed by atoms with van der Waals surface area (Å²) in [5, 5.41) is 0. The quantitative estimate of drug-likeness (QED) is 0.784. The van der Waals surface area contributed by atoms with Gasteiger partial charge in [-0.05, 0) is 59.3 Å². The second-order valence-electron chi connectivity index (χ2n) is 6.62. The van der Waals surface area contributed by atoms with Gasteiger partial charge in [0.25, 0.3) is 0 Å². The van der Waals surface area contributed by atoms with E-state index in [0.29, 0.717) is 12.1 Å². The molecule has 0 aromatic carbocycles. The molecule has 3 unspecified atom stereocenters. The van der Waals surface area contributed by atoms with E-state index in [0.717, 1.165) is 6.54 Å². The standard InChI is InChI=1S/C17H30N2/c1-13-6-4-8-16(10-13)19(12-15(3)18)17-9-5-7-14(2)11-17/h10-11,15-17H,4-9,12,18H2,1-3H3. The highest BCUT2D eigenvalue weighted by Gasteiger charge is 2.27. The Hall–Kier alpha value is -0.600. The van der Waals surface area contributed by atoms with Gasteiger partial charge in [0.2, 0.25) is 0 Å². The molecule has 0 fully saturated rings. The van der Waals surface area contributed by atoms with Gasteiger partial charge in [-0.15, -0.1) is 0 Å². The number of rotatable bonds is 4. The van der Waals surface area contributed by atoms with Crippen LogP contribution in [-0.2, 0) is 0 Å². The summed E-state index contributed by atoms with van der Waals surface area (Å²) in [5.41, 5.74) is 9.21. The fourth-order valence-electron chi connectivity index (χ4n) is 3.54. The molecule has 0 spiro atoms. The zero-order chi connectivity index (χ0) is 13.8. The van der Waals surface area contributed by atoms with Gasteiger partial charge in [0.1, 0.15) is 0 Å². The van der Waals surface area contributed by atoms with E-state index >= 15 is 0 Å². The van der Waals surface area contributed by atoms with Crippen LogP contribution in [0.25, 0.3) is 0 Å². The van der Waals surface area contributed by atoms with Crippen molar-refractivity contribution in [1.29, 1.82) is 0 Å². The van der Waals surface area contributed by atoms with Crippen molar-refractivity contribution in [3.8, 4) is 0 Å². The highest BCUT2D eigenvalue weighted by molar-refractivity contribution is 5.14. The van der Waals surface area contributed by atoms with Gasteiger partial charge in [0.05, 0.1) is 0 Å². The molecule has 0 saturated carbocycles. The number of nitrogens with zero attached hydrogens (tertiary/aromatic N) is 1. The summed E-state index contributed by atoms with van der Waals surface area (Å²) >= 11 is 0. The molecule has 108 valence electrons. The average Bonchev–Trinajstić information content (AvgIpc) is 2.35. The number of allylic oxidation sites excluding steroid dienone is 2. The lowest BCUT2D eigenvalue weighted by atomic mass is 9.90. The second-order valence-corrected chi connectivity index (χ2v) is 6.62. The molecule has 2 nitrogen and oxygen atoms in total. The summed E-state index contributed by atoms with van der Waals surface area (Å²) in [6.45, 7) is 7.70. The van der Waals surface area contributed by atoms with Gasteiger partial charge in [-0.1, -0.05) is 23.3 Å². The zero-order valence-electron chi connectivity index (χ0n) is 12.9. The van der Waals surface area contributed by atoms with Gasteiger partial charge < -0.3 is 5.73 Å². The monoisotopic (exact) mass is 262 g/mol. The van der Waals surface area contributed by atoms with E-state index in [9.17, 15) is 0 Å². The minimum atomic E-state index is 0.256. The maximum atomic E-state index is 6.09. The van der Waals surface area contributed by atoms with Crippen LogP contribution in [-0.4, -0.2) is 29.6 Å². The lowest BCUT2D eigenvalue weighted by Gasteiger charge is -2.40. The van der Waals surface area contributed by atoms with Crippen LogP contribution in [0.5, 0.6) is 0 Å². The van der Waals surface area contributed by atoms with Gasteiger partial charge in [0.15, 0.2) is 0 Å². The average molecular weight is 262 g/mol. The number of nitrogens with two attached hydrogens (primary N) is 1. The Morgan fingerprint density at radius 2 is 1.58 bits per heavy atom. The summed E-state index contributed by atoms with van der Waals surface area (Å²) in [6, 6.07) is 1.46. The first-order valence-corrected chi connectivity index (χ1v) is 7.92. The molecule has 2 heteroatoms. The van der Waals surface area contributed by atoms with E-state index in [1.165, 1.54) is 38.5 Å². The molecule has 19 heavy (non-hydrogen) atoms. The van der Waals surface area contributed by atoms with Crippen molar-refractivity contribution in [3.05, 3.63) is 23.3 Å². The van der Waals surface area contributed by atoms with Crippen molar-refractivity contribution in [1.82, 2.24) is 4.90 Å². The first-order valence-electron chi connectivity index (χ1n) is 7.92. The molecule has 0 aromatic rings. The van der Waals surface area contributed by atoms with Gasteiger partial charge in [0, 0.05) is 24.7 Å². The first kappa shape index (κ1) is 14.8. The Bertz CT molecular complexity index is 324. The Morgan fingerprint density at radius 1 is 1.11 bits per heavy atom. The summed E-state index contributed by atoms with van der Waals surface area (Å²) in [6.07, 6.45) is 12.8. The summed E-state index contributed by atoms with van der Waals surface area (Å²) < 4.78 is 0. The minimum Gasteiger partial charge on any atom is -0.327 e. The first-order chi connectivity index (χ1) is 9.06. The highest BCUT2D eigenvalue weighted by atomic mass is 15.2. The minimum absolute atomic E-state index is 0.256. The Balaban J connectivity index is 2.15. The third kappa shape index (κ3) is 4.19. The Labute approximate surface area is 118 Å². The largest absolute Gasteiger partial charge is 0.327 e. The molecule has 3 atom stereocenters. The summed E-state index contributed by atoms with van der Waals surface area (Å²) in [4.78, 5) is 2.66. The molecule has 0 heterocycles. The zero-order valence-corrected chi connectivity index (χ0v) is 12.9. The van der Waals surface area contributed by atoms with Crippen molar-refractivity contribution in [3.63, 3.8) is 0 Å². The molecule has 2 rings (SSSR count). The second kappa shape index (κ2) is 6.71. The van der Waals surface area contributed by atoms with Crippen molar-refractivity contribution in [2.24, 2.45) is 5.73 Å². The third-order valence-electron chi connectivity index (χ3n) is 4.45. The van der Waals surface area contributed by atoms with Gasteiger partial charge >= 0.3 is 0 Å². The fourth-order valence-corrected chi connectivity index (χ4v) is 3.54. The predicted molar refractivity (Wildman–Crippen MR) is 83.1 cm³/mol. The molecule has 2 aliphatic rings. The third-order valence-corrected chi connectivity index (χ3v) is 4.45. The normalized spacial score (nSPS) is 29.9. The van der Waals surface area contributed by atoms with Crippen LogP contribution in [0.1, 0.15) is 59.3 Å². The summed E-state index contributed by atoms with van der Waals surface area (Å²) in [5.74, 6) is 0. The molecule has 0 aliphatic heterocycles. The van der Waals surface area contributed by atoms with E-state index in [4.69, 9.17) is 5.73 Å². The number of hydrogen-bond acceptors (Lipinski definition) is 2. The van der Waals surface area contributed by atoms with E-state index in [-0.39, 0.29) is 6.04 Å². The maximum Gasteiger partial charge on any atom is 0.0287 e. The predicted octanol–water partition coefficient (Wildman–Crippen LogP) is 3.63. The maximum absolute atomic E-state index is 6.09. The van der Waals surface area contributed by atoms with Crippen molar-refractivity contribution >= 4 is 0 Å². The molecular formula is C17H30N2. The van der Waals surface area contributed by atoms with Crippen LogP contribution in [0, 0.1) is 0 Å². The van der Waals surface area contributed by atoms with Gasteiger partial charge in [-0.3, -0.25) is 4.90 Å².